The minimum Gasteiger partial charge on any atom is -0.349 e. The molecule has 2 N–H and O–H groups in total. The highest BCUT2D eigenvalue weighted by atomic mass is 19.1. The molecular weight excluding hydrogens is 219 g/mol. The van der Waals surface area contributed by atoms with E-state index in [1.165, 1.54) is 12.1 Å². The van der Waals surface area contributed by atoms with Gasteiger partial charge in [0.25, 0.3) is 0 Å². The van der Waals surface area contributed by atoms with E-state index in [-0.39, 0.29) is 23.7 Å². The van der Waals surface area contributed by atoms with Crippen LogP contribution in [0.3, 0.4) is 0 Å². The third kappa shape index (κ3) is 4.15. The maximum absolute atomic E-state index is 13.0. The van der Waals surface area contributed by atoms with Crippen molar-refractivity contribution in [2.45, 2.75) is 19.9 Å². The Labute approximate surface area is 101 Å². The van der Waals surface area contributed by atoms with Crippen molar-refractivity contribution in [2.24, 2.45) is 5.92 Å². The monoisotopic (exact) mass is 238 g/mol. The molecule has 0 aliphatic heterocycles. The summed E-state index contributed by atoms with van der Waals surface area (Å²) in [6.07, 6.45) is 0. The molecule has 4 heteroatoms. The number of carbonyl (C=O) groups is 1. The molecule has 2 atom stereocenters. The van der Waals surface area contributed by atoms with E-state index in [4.69, 9.17) is 0 Å². The smallest absolute Gasteiger partial charge is 0.224 e. The van der Waals surface area contributed by atoms with Crippen LogP contribution in [0.5, 0.6) is 0 Å². The van der Waals surface area contributed by atoms with Crippen molar-refractivity contribution in [2.75, 3.05) is 13.6 Å². The Morgan fingerprint density at radius 3 is 2.71 bits per heavy atom. The topological polar surface area (TPSA) is 41.1 Å². The second kappa shape index (κ2) is 6.35. The molecule has 0 fully saturated rings. The fourth-order valence-electron chi connectivity index (χ4n) is 1.61. The quantitative estimate of drug-likeness (QED) is 0.822. The first-order chi connectivity index (χ1) is 8.04. The summed E-state index contributed by atoms with van der Waals surface area (Å²) in [5, 5.41) is 5.81. The number of hydrogen-bond donors (Lipinski definition) is 2. The van der Waals surface area contributed by atoms with E-state index in [2.05, 4.69) is 10.6 Å². The van der Waals surface area contributed by atoms with E-state index in [1.807, 2.05) is 13.8 Å². The third-order valence-corrected chi connectivity index (χ3v) is 2.67. The lowest BCUT2D eigenvalue weighted by Crippen LogP contribution is -2.35. The molecular formula is C13H19FN2O. The summed E-state index contributed by atoms with van der Waals surface area (Å²) in [4.78, 5) is 11.8. The van der Waals surface area contributed by atoms with Crippen LogP contribution in [-0.4, -0.2) is 19.5 Å². The molecule has 0 aromatic heterocycles. The van der Waals surface area contributed by atoms with Gasteiger partial charge in [-0.3, -0.25) is 4.79 Å². The number of amides is 1. The third-order valence-electron chi connectivity index (χ3n) is 2.67. The van der Waals surface area contributed by atoms with Crippen LogP contribution >= 0.6 is 0 Å². The Balaban J connectivity index is 2.60. The van der Waals surface area contributed by atoms with E-state index in [0.717, 1.165) is 5.56 Å². The van der Waals surface area contributed by atoms with E-state index < -0.39 is 0 Å². The molecule has 3 nitrogen and oxygen atoms in total. The highest BCUT2D eigenvalue weighted by Crippen LogP contribution is 2.13. The van der Waals surface area contributed by atoms with Gasteiger partial charge in [0, 0.05) is 12.5 Å². The largest absolute Gasteiger partial charge is 0.349 e. The van der Waals surface area contributed by atoms with Crippen molar-refractivity contribution in [1.29, 1.82) is 0 Å². The van der Waals surface area contributed by atoms with Crippen molar-refractivity contribution in [3.63, 3.8) is 0 Å². The number of nitrogens with one attached hydrogen (secondary N) is 2. The van der Waals surface area contributed by atoms with Gasteiger partial charge in [-0.2, -0.15) is 0 Å². The number of benzene rings is 1. The van der Waals surface area contributed by atoms with E-state index in [9.17, 15) is 9.18 Å². The maximum Gasteiger partial charge on any atom is 0.224 e. The number of hydrogen-bond acceptors (Lipinski definition) is 2. The summed E-state index contributed by atoms with van der Waals surface area (Å²) in [6.45, 7) is 4.32. The van der Waals surface area contributed by atoms with Crippen molar-refractivity contribution in [3.8, 4) is 0 Å². The average molecular weight is 238 g/mol. The van der Waals surface area contributed by atoms with Crippen LogP contribution in [0.25, 0.3) is 0 Å². The fourth-order valence-corrected chi connectivity index (χ4v) is 1.61. The van der Waals surface area contributed by atoms with Crippen LogP contribution in [0.1, 0.15) is 25.5 Å². The SMILES string of the molecule is CNCC(C)C(=O)NC(C)c1cccc(F)c1. The standard InChI is InChI=1S/C13H19FN2O/c1-9(8-15-3)13(17)16-10(2)11-5-4-6-12(14)7-11/h4-7,9-10,15H,8H2,1-3H3,(H,16,17). The number of halogens is 1. The molecule has 0 radical (unpaired) electrons. The lowest BCUT2D eigenvalue weighted by Gasteiger charge is -2.17. The van der Waals surface area contributed by atoms with Crippen molar-refractivity contribution >= 4 is 5.91 Å². The molecule has 17 heavy (non-hydrogen) atoms. The van der Waals surface area contributed by atoms with Crippen LogP contribution in [0.4, 0.5) is 4.39 Å². The number of carbonyl (C=O) groups excluding carboxylic acids is 1. The minimum absolute atomic E-state index is 0.0314. The van der Waals surface area contributed by atoms with Crippen molar-refractivity contribution < 1.29 is 9.18 Å². The molecule has 0 saturated carbocycles. The molecule has 2 unspecified atom stereocenters. The second-order valence-electron chi connectivity index (χ2n) is 4.24. The first-order valence-corrected chi connectivity index (χ1v) is 5.75. The van der Waals surface area contributed by atoms with Gasteiger partial charge in [-0.1, -0.05) is 19.1 Å². The van der Waals surface area contributed by atoms with Crippen molar-refractivity contribution in [1.82, 2.24) is 10.6 Å². The summed E-state index contributed by atoms with van der Waals surface area (Å²) in [6, 6.07) is 6.09. The summed E-state index contributed by atoms with van der Waals surface area (Å²) in [5.41, 5.74) is 0.773. The summed E-state index contributed by atoms with van der Waals surface area (Å²) >= 11 is 0. The Bertz CT molecular complexity index is 381. The zero-order valence-electron chi connectivity index (χ0n) is 10.5. The molecule has 0 aliphatic rings. The molecule has 0 spiro atoms. The lowest BCUT2D eigenvalue weighted by atomic mass is 10.1. The van der Waals surface area contributed by atoms with Gasteiger partial charge in [0.05, 0.1) is 6.04 Å². The summed E-state index contributed by atoms with van der Waals surface area (Å²) < 4.78 is 13.0. The molecule has 94 valence electrons. The molecule has 1 amide bonds. The first kappa shape index (κ1) is 13.6. The van der Waals surface area contributed by atoms with E-state index >= 15 is 0 Å². The molecule has 0 aliphatic carbocycles. The van der Waals surface area contributed by atoms with E-state index in [0.29, 0.717) is 6.54 Å². The van der Waals surface area contributed by atoms with Gasteiger partial charge < -0.3 is 10.6 Å². The Morgan fingerprint density at radius 2 is 2.12 bits per heavy atom. The van der Waals surface area contributed by atoms with Gasteiger partial charge in [0.2, 0.25) is 5.91 Å². The van der Waals surface area contributed by atoms with Gasteiger partial charge in [0.15, 0.2) is 0 Å². The molecule has 1 rings (SSSR count). The van der Waals surface area contributed by atoms with Crippen LogP contribution in [0.2, 0.25) is 0 Å². The second-order valence-corrected chi connectivity index (χ2v) is 4.24. The van der Waals surface area contributed by atoms with Gasteiger partial charge in [-0.15, -0.1) is 0 Å². The predicted octanol–water partition coefficient (Wildman–Crippen LogP) is 1.86. The highest BCUT2D eigenvalue weighted by molar-refractivity contribution is 5.78. The van der Waals surface area contributed by atoms with Crippen LogP contribution in [0, 0.1) is 11.7 Å². The van der Waals surface area contributed by atoms with Crippen LogP contribution in [-0.2, 0) is 4.79 Å². The van der Waals surface area contributed by atoms with Gasteiger partial charge in [0.1, 0.15) is 5.82 Å². The highest BCUT2D eigenvalue weighted by Gasteiger charge is 2.15. The average Bonchev–Trinajstić information content (AvgIpc) is 2.29. The summed E-state index contributed by atoms with van der Waals surface area (Å²) in [5.74, 6) is -0.418. The van der Waals surface area contributed by atoms with Crippen molar-refractivity contribution in [3.05, 3.63) is 35.6 Å². The Morgan fingerprint density at radius 1 is 1.41 bits per heavy atom. The normalized spacial score (nSPS) is 14.1. The Kier molecular flexibility index (Phi) is 5.10. The molecule has 0 bridgehead atoms. The molecule has 0 saturated heterocycles. The van der Waals surface area contributed by atoms with Gasteiger partial charge in [-0.05, 0) is 31.7 Å². The predicted molar refractivity (Wildman–Crippen MR) is 66.0 cm³/mol. The van der Waals surface area contributed by atoms with Gasteiger partial charge in [-0.25, -0.2) is 4.39 Å². The zero-order chi connectivity index (χ0) is 12.8. The van der Waals surface area contributed by atoms with Crippen LogP contribution in [0.15, 0.2) is 24.3 Å². The zero-order valence-corrected chi connectivity index (χ0v) is 10.5. The van der Waals surface area contributed by atoms with Crippen LogP contribution < -0.4 is 10.6 Å². The summed E-state index contributed by atoms with van der Waals surface area (Å²) in [7, 11) is 1.81. The van der Waals surface area contributed by atoms with E-state index in [1.54, 1.807) is 19.2 Å². The lowest BCUT2D eigenvalue weighted by molar-refractivity contribution is -0.125. The minimum atomic E-state index is -0.285. The number of rotatable bonds is 5. The fraction of sp³-hybridized carbons (Fsp3) is 0.462. The first-order valence-electron chi connectivity index (χ1n) is 5.75. The maximum atomic E-state index is 13.0. The molecule has 1 aromatic carbocycles. The van der Waals surface area contributed by atoms with Gasteiger partial charge >= 0.3 is 0 Å². The Hall–Kier alpha value is -1.42. The molecule has 1 aromatic rings. The molecule has 0 heterocycles.